The molecule has 102 valence electrons. The average Bonchev–Trinajstić information content (AvgIpc) is 2.46. The van der Waals surface area contributed by atoms with E-state index in [4.69, 9.17) is 4.74 Å². The summed E-state index contributed by atoms with van der Waals surface area (Å²) in [6.45, 7) is 0. The molecule has 0 spiro atoms. The van der Waals surface area contributed by atoms with Gasteiger partial charge in [-0.1, -0.05) is 18.2 Å². The van der Waals surface area contributed by atoms with Crippen LogP contribution in [0.25, 0.3) is 6.08 Å². The van der Waals surface area contributed by atoms with Crippen LogP contribution < -0.4 is 4.74 Å². The zero-order valence-electron chi connectivity index (χ0n) is 10.8. The van der Waals surface area contributed by atoms with Crippen molar-refractivity contribution in [2.24, 2.45) is 0 Å². The molecule has 20 heavy (non-hydrogen) atoms. The molecule has 0 radical (unpaired) electrons. The van der Waals surface area contributed by atoms with E-state index in [-0.39, 0.29) is 11.1 Å². The Morgan fingerprint density at radius 3 is 2.50 bits per heavy atom. The monoisotopic (exact) mass is 274 g/mol. The fraction of sp³-hybridized carbons (Fsp3) is 0.0625. The van der Waals surface area contributed by atoms with Gasteiger partial charge < -0.3 is 4.74 Å². The van der Waals surface area contributed by atoms with Crippen LogP contribution in [0.4, 0.5) is 8.78 Å². The van der Waals surface area contributed by atoms with Crippen LogP contribution in [0.5, 0.6) is 5.75 Å². The molecule has 0 aromatic heterocycles. The van der Waals surface area contributed by atoms with E-state index in [2.05, 4.69) is 0 Å². The topological polar surface area (TPSA) is 26.3 Å². The van der Waals surface area contributed by atoms with Crippen LogP contribution in [-0.4, -0.2) is 12.9 Å². The van der Waals surface area contributed by atoms with Crippen LogP contribution in [0.1, 0.15) is 15.9 Å². The van der Waals surface area contributed by atoms with Gasteiger partial charge in [0.1, 0.15) is 17.4 Å². The van der Waals surface area contributed by atoms with Crippen molar-refractivity contribution in [3.63, 3.8) is 0 Å². The highest BCUT2D eigenvalue weighted by atomic mass is 19.1. The van der Waals surface area contributed by atoms with Gasteiger partial charge in [0.25, 0.3) is 0 Å². The lowest BCUT2D eigenvalue weighted by atomic mass is 10.1. The number of benzene rings is 2. The number of methoxy groups -OCH3 is 1. The molecule has 0 saturated heterocycles. The van der Waals surface area contributed by atoms with E-state index in [1.807, 2.05) is 0 Å². The van der Waals surface area contributed by atoms with Crippen LogP contribution in [0.2, 0.25) is 0 Å². The summed E-state index contributed by atoms with van der Waals surface area (Å²) in [5.74, 6) is -1.31. The molecule has 0 heterocycles. The quantitative estimate of drug-likeness (QED) is 0.625. The van der Waals surface area contributed by atoms with E-state index in [9.17, 15) is 13.6 Å². The molecule has 0 bridgehead atoms. The number of ketones is 1. The van der Waals surface area contributed by atoms with Gasteiger partial charge in [-0.3, -0.25) is 4.79 Å². The minimum Gasteiger partial charge on any atom is -0.497 e. The first kappa shape index (κ1) is 13.9. The van der Waals surface area contributed by atoms with Gasteiger partial charge in [-0.15, -0.1) is 0 Å². The highest BCUT2D eigenvalue weighted by molar-refractivity contribution is 6.07. The van der Waals surface area contributed by atoms with E-state index < -0.39 is 17.4 Å². The Morgan fingerprint density at radius 1 is 1.10 bits per heavy atom. The van der Waals surface area contributed by atoms with Crippen molar-refractivity contribution in [2.75, 3.05) is 7.11 Å². The first-order valence-corrected chi connectivity index (χ1v) is 5.92. The summed E-state index contributed by atoms with van der Waals surface area (Å²) in [5, 5.41) is 0. The van der Waals surface area contributed by atoms with Gasteiger partial charge in [-0.25, -0.2) is 8.78 Å². The molecule has 0 aliphatic rings. The van der Waals surface area contributed by atoms with Gasteiger partial charge >= 0.3 is 0 Å². The van der Waals surface area contributed by atoms with Crippen molar-refractivity contribution in [3.8, 4) is 5.75 Å². The summed E-state index contributed by atoms with van der Waals surface area (Å²) in [6, 6.07) is 9.99. The molecule has 4 heteroatoms. The number of hydrogen-bond donors (Lipinski definition) is 0. The van der Waals surface area contributed by atoms with Crippen molar-refractivity contribution < 1.29 is 18.3 Å². The Morgan fingerprint density at radius 2 is 1.85 bits per heavy atom. The summed E-state index contributed by atoms with van der Waals surface area (Å²) >= 11 is 0. The van der Waals surface area contributed by atoms with Crippen LogP contribution >= 0.6 is 0 Å². The molecular formula is C16H12F2O2. The standard InChI is InChI=1S/C16H12F2O2/c1-20-12-7-8-13(15(18)10-12)16(19)9-6-11-4-2-3-5-14(11)17/h2-10H,1H3/b9-6+. The van der Waals surface area contributed by atoms with Crippen molar-refractivity contribution >= 4 is 11.9 Å². The molecule has 0 aliphatic heterocycles. The minimum atomic E-state index is -0.674. The number of carbonyl (C=O) groups excluding carboxylic acids is 1. The van der Waals surface area contributed by atoms with E-state index in [0.29, 0.717) is 5.75 Å². The minimum absolute atomic E-state index is 0.0848. The zero-order chi connectivity index (χ0) is 14.5. The van der Waals surface area contributed by atoms with Crippen molar-refractivity contribution in [2.45, 2.75) is 0 Å². The first-order valence-electron chi connectivity index (χ1n) is 5.92. The highest BCUT2D eigenvalue weighted by Crippen LogP contribution is 2.17. The van der Waals surface area contributed by atoms with Crippen LogP contribution in [0.15, 0.2) is 48.5 Å². The Labute approximate surface area is 115 Å². The largest absolute Gasteiger partial charge is 0.497 e. The van der Waals surface area contributed by atoms with Gasteiger partial charge in [0.05, 0.1) is 12.7 Å². The molecule has 0 N–H and O–H groups in total. The molecule has 2 nitrogen and oxygen atoms in total. The predicted molar refractivity (Wildman–Crippen MR) is 72.7 cm³/mol. The lowest BCUT2D eigenvalue weighted by Crippen LogP contribution is -1.99. The van der Waals surface area contributed by atoms with E-state index in [1.54, 1.807) is 12.1 Å². The fourth-order valence-corrected chi connectivity index (χ4v) is 1.69. The molecule has 0 amide bonds. The maximum atomic E-state index is 13.7. The predicted octanol–water partition coefficient (Wildman–Crippen LogP) is 3.87. The van der Waals surface area contributed by atoms with Gasteiger partial charge in [-0.05, 0) is 30.4 Å². The number of carbonyl (C=O) groups is 1. The Kier molecular flexibility index (Phi) is 4.25. The van der Waals surface area contributed by atoms with Crippen molar-refractivity contribution in [3.05, 3.63) is 71.3 Å². The normalized spacial score (nSPS) is 10.8. The Bertz CT molecular complexity index is 663. The molecule has 0 fully saturated rings. The van der Waals surface area contributed by atoms with Gasteiger partial charge in [-0.2, -0.15) is 0 Å². The average molecular weight is 274 g/mol. The summed E-state index contributed by atoms with van der Waals surface area (Å²) in [7, 11) is 1.41. The zero-order valence-corrected chi connectivity index (χ0v) is 10.8. The molecular weight excluding hydrogens is 262 g/mol. The second-order valence-electron chi connectivity index (χ2n) is 4.06. The summed E-state index contributed by atoms with van der Waals surface area (Å²) in [5.41, 5.74) is 0.188. The van der Waals surface area contributed by atoms with Gasteiger partial charge in [0.15, 0.2) is 5.78 Å². The highest BCUT2D eigenvalue weighted by Gasteiger charge is 2.10. The summed E-state index contributed by atoms with van der Waals surface area (Å²) in [6.07, 6.45) is 2.46. The maximum absolute atomic E-state index is 13.7. The van der Waals surface area contributed by atoms with E-state index in [0.717, 1.165) is 12.1 Å². The molecule has 2 rings (SSSR count). The first-order chi connectivity index (χ1) is 9.61. The summed E-state index contributed by atoms with van der Waals surface area (Å²) < 4.78 is 31.9. The number of hydrogen-bond acceptors (Lipinski definition) is 2. The molecule has 0 atom stereocenters. The van der Waals surface area contributed by atoms with Crippen molar-refractivity contribution in [1.82, 2.24) is 0 Å². The maximum Gasteiger partial charge on any atom is 0.188 e. The third-order valence-electron chi connectivity index (χ3n) is 2.76. The van der Waals surface area contributed by atoms with Gasteiger partial charge in [0, 0.05) is 11.6 Å². The third-order valence-corrected chi connectivity index (χ3v) is 2.76. The fourth-order valence-electron chi connectivity index (χ4n) is 1.69. The number of rotatable bonds is 4. The number of ether oxygens (including phenoxy) is 1. The van der Waals surface area contributed by atoms with E-state index >= 15 is 0 Å². The molecule has 2 aromatic rings. The molecule has 0 saturated carbocycles. The Hall–Kier alpha value is -2.49. The van der Waals surface area contributed by atoms with Crippen LogP contribution in [0, 0.1) is 11.6 Å². The van der Waals surface area contributed by atoms with Crippen LogP contribution in [0.3, 0.4) is 0 Å². The van der Waals surface area contributed by atoms with E-state index in [1.165, 1.54) is 37.5 Å². The van der Waals surface area contributed by atoms with Gasteiger partial charge in [0.2, 0.25) is 0 Å². The second kappa shape index (κ2) is 6.10. The smallest absolute Gasteiger partial charge is 0.188 e. The summed E-state index contributed by atoms with van der Waals surface area (Å²) in [4.78, 5) is 11.9. The number of halogens is 2. The second-order valence-corrected chi connectivity index (χ2v) is 4.06. The Balaban J connectivity index is 2.22. The lowest BCUT2D eigenvalue weighted by molar-refractivity contribution is 0.104. The third kappa shape index (κ3) is 3.09. The molecule has 2 aromatic carbocycles. The van der Waals surface area contributed by atoms with Crippen LogP contribution in [-0.2, 0) is 0 Å². The molecule has 0 unspecified atom stereocenters. The lowest BCUT2D eigenvalue weighted by Gasteiger charge is -2.02. The SMILES string of the molecule is COc1ccc(C(=O)/C=C/c2ccccc2F)c(F)c1. The van der Waals surface area contributed by atoms with Crippen molar-refractivity contribution in [1.29, 1.82) is 0 Å². The molecule has 0 aliphatic carbocycles. The number of allylic oxidation sites excluding steroid dienone is 1.